The van der Waals surface area contributed by atoms with Crippen molar-refractivity contribution in [2.45, 2.75) is 18.4 Å². The molecule has 0 fully saturated rings. The summed E-state index contributed by atoms with van der Waals surface area (Å²) in [6.07, 6.45) is 2.01. The van der Waals surface area contributed by atoms with Gasteiger partial charge >= 0.3 is 0 Å². The maximum absolute atomic E-state index is 12.2. The molecule has 1 heterocycles. The number of aryl methyl sites for hydroxylation is 1. The number of sulfonamides is 1. The lowest BCUT2D eigenvalue weighted by Crippen LogP contribution is -2.39. The molecule has 1 aromatic heterocycles. The van der Waals surface area contributed by atoms with E-state index in [1.807, 2.05) is 38.2 Å². The highest BCUT2D eigenvalue weighted by Crippen LogP contribution is 2.06. The third-order valence-corrected chi connectivity index (χ3v) is 5.34. The number of benzene rings is 1. The van der Waals surface area contributed by atoms with Crippen LogP contribution in [0, 0.1) is 0 Å². The molecule has 0 atom stereocenters. The van der Waals surface area contributed by atoms with E-state index in [9.17, 15) is 8.42 Å². The van der Waals surface area contributed by atoms with Crippen molar-refractivity contribution in [2.75, 3.05) is 26.7 Å². The van der Waals surface area contributed by atoms with Crippen LogP contribution in [0.25, 0.3) is 0 Å². The zero-order valence-electron chi connectivity index (χ0n) is 15.5. The van der Waals surface area contributed by atoms with E-state index in [1.165, 1.54) is 5.69 Å². The lowest BCUT2D eigenvalue weighted by Gasteiger charge is -2.22. The quantitative estimate of drug-likeness (QED) is 0.414. The van der Waals surface area contributed by atoms with Crippen molar-refractivity contribution in [3.63, 3.8) is 0 Å². The minimum Gasteiger partial charge on any atom is -0.357 e. The van der Waals surface area contributed by atoms with Crippen molar-refractivity contribution in [3.05, 3.63) is 54.4 Å². The van der Waals surface area contributed by atoms with Gasteiger partial charge in [-0.3, -0.25) is 4.99 Å². The lowest BCUT2D eigenvalue weighted by molar-refractivity contribution is 0.462. The van der Waals surface area contributed by atoms with Crippen molar-refractivity contribution in [1.29, 1.82) is 0 Å². The van der Waals surface area contributed by atoms with E-state index in [0.29, 0.717) is 13.1 Å². The third-order valence-electron chi connectivity index (χ3n) is 3.87. The molecule has 7 nitrogen and oxygen atoms in total. The van der Waals surface area contributed by atoms with Crippen LogP contribution in [0.15, 0.2) is 58.5 Å². The molecule has 26 heavy (non-hydrogen) atoms. The molecule has 142 valence electrons. The molecule has 0 aliphatic carbocycles. The Morgan fingerprint density at radius 1 is 1.19 bits per heavy atom. The number of hydrogen-bond acceptors (Lipinski definition) is 3. The van der Waals surface area contributed by atoms with Gasteiger partial charge in [0.15, 0.2) is 5.96 Å². The normalized spacial score (nSPS) is 12.2. The number of aromatic nitrogens is 1. The summed E-state index contributed by atoms with van der Waals surface area (Å²) in [5.41, 5.74) is 1.17. The lowest BCUT2D eigenvalue weighted by atomic mass is 10.4. The molecule has 2 aromatic rings. The van der Waals surface area contributed by atoms with Crippen LogP contribution < -0.4 is 10.0 Å². The Morgan fingerprint density at radius 3 is 2.54 bits per heavy atom. The fourth-order valence-electron chi connectivity index (χ4n) is 2.47. The molecule has 0 aliphatic rings. The second kappa shape index (κ2) is 9.40. The molecule has 0 bridgehead atoms. The van der Waals surface area contributed by atoms with E-state index in [0.717, 1.165) is 12.5 Å². The molecule has 0 aliphatic heterocycles. The van der Waals surface area contributed by atoms with Crippen molar-refractivity contribution in [3.8, 4) is 0 Å². The molecular formula is C18H27N5O2S. The molecule has 8 heteroatoms. The van der Waals surface area contributed by atoms with Crippen LogP contribution in [-0.2, 0) is 23.6 Å². The summed E-state index contributed by atoms with van der Waals surface area (Å²) in [5.74, 6) is 0.743. The highest BCUT2D eigenvalue weighted by Gasteiger charge is 2.12. The fraction of sp³-hybridized carbons (Fsp3) is 0.389. The Bertz CT molecular complexity index is 815. The van der Waals surface area contributed by atoms with Gasteiger partial charge in [-0.15, -0.1) is 0 Å². The number of rotatable bonds is 8. The molecule has 0 spiro atoms. The van der Waals surface area contributed by atoms with Crippen molar-refractivity contribution >= 4 is 16.0 Å². The number of nitrogens with one attached hydrogen (secondary N) is 2. The Hall–Kier alpha value is -2.32. The largest absolute Gasteiger partial charge is 0.357 e. The summed E-state index contributed by atoms with van der Waals surface area (Å²) in [6.45, 7) is 4.05. The summed E-state index contributed by atoms with van der Waals surface area (Å²) < 4.78 is 29.0. The first-order chi connectivity index (χ1) is 12.4. The smallest absolute Gasteiger partial charge is 0.240 e. The van der Waals surface area contributed by atoms with E-state index in [4.69, 9.17) is 0 Å². The Labute approximate surface area is 155 Å². The predicted molar refractivity (Wildman–Crippen MR) is 104 cm³/mol. The van der Waals surface area contributed by atoms with Gasteiger partial charge < -0.3 is 14.8 Å². The van der Waals surface area contributed by atoms with Crippen molar-refractivity contribution in [2.24, 2.45) is 12.0 Å². The van der Waals surface area contributed by atoms with Crippen LogP contribution in [0.5, 0.6) is 0 Å². The van der Waals surface area contributed by atoms with Gasteiger partial charge in [0, 0.05) is 39.1 Å². The van der Waals surface area contributed by atoms with Gasteiger partial charge in [0.25, 0.3) is 0 Å². The first kappa shape index (κ1) is 20.0. The Kier molecular flexibility index (Phi) is 7.23. The zero-order chi connectivity index (χ0) is 19.0. The standard InChI is InChI=1S/C18H27N5O2S/c1-4-19-18(23(3)15-16-9-8-14-22(16)2)20-12-13-21-26(24,25)17-10-6-5-7-11-17/h5-11,14,21H,4,12-13,15H2,1-3H3,(H,19,20). The summed E-state index contributed by atoms with van der Waals surface area (Å²) in [6, 6.07) is 12.4. The number of nitrogens with zero attached hydrogens (tertiary/aromatic N) is 3. The predicted octanol–water partition coefficient (Wildman–Crippen LogP) is 1.40. The van der Waals surface area contributed by atoms with Crippen LogP contribution in [-0.4, -0.2) is 50.5 Å². The topological polar surface area (TPSA) is 78.7 Å². The van der Waals surface area contributed by atoms with Gasteiger partial charge in [0.1, 0.15) is 0 Å². The third kappa shape index (κ3) is 5.60. The second-order valence-electron chi connectivity index (χ2n) is 5.91. The molecular weight excluding hydrogens is 350 g/mol. The van der Waals surface area contributed by atoms with Crippen molar-refractivity contribution < 1.29 is 8.42 Å². The monoisotopic (exact) mass is 377 g/mol. The van der Waals surface area contributed by atoms with E-state index in [1.54, 1.807) is 30.3 Å². The highest BCUT2D eigenvalue weighted by atomic mass is 32.2. The molecule has 0 amide bonds. The van der Waals surface area contributed by atoms with E-state index in [2.05, 4.69) is 25.7 Å². The minimum absolute atomic E-state index is 0.240. The van der Waals surface area contributed by atoms with Crippen LogP contribution in [0.1, 0.15) is 12.6 Å². The average molecular weight is 378 g/mol. The number of aliphatic imine (C=N–C) groups is 1. The zero-order valence-corrected chi connectivity index (χ0v) is 16.3. The second-order valence-corrected chi connectivity index (χ2v) is 7.68. The highest BCUT2D eigenvalue weighted by molar-refractivity contribution is 7.89. The first-order valence-corrected chi connectivity index (χ1v) is 10.1. The van der Waals surface area contributed by atoms with E-state index >= 15 is 0 Å². The van der Waals surface area contributed by atoms with Gasteiger partial charge in [0.2, 0.25) is 10.0 Å². The van der Waals surface area contributed by atoms with Crippen LogP contribution in [0.4, 0.5) is 0 Å². The average Bonchev–Trinajstić information content (AvgIpc) is 3.03. The molecule has 2 N–H and O–H groups in total. The summed E-state index contributed by atoms with van der Waals surface area (Å²) in [4.78, 5) is 6.79. The van der Waals surface area contributed by atoms with E-state index < -0.39 is 10.0 Å². The van der Waals surface area contributed by atoms with Gasteiger partial charge in [0.05, 0.1) is 18.0 Å². The van der Waals surface area contributed by atoms with Crippen LogP contribution in [0.2, 0.25) is 0 Å². The molecule has 0 unspecified atom stereocenters. The molecule has 0 radical (unpaired) electrons. The molecule has 2 rings (SSSR count). The van der Waals surface area contributed by atoms with E-state index in [-0.39, 0.29) is 11.4 Å². The maximum Gasteiger partial charge on any atom is 0.240 e. The summed E-state index contributed by atoms with van der Waals surface area (Å²) in [7, 11) is 0.472. The minimum atomic E-state index is -3.49. The molecule has 1 aromatic carbocycles. The SMILES string of the molecule is CCNC(=NCCNS(=O)(=O)c1ccccc1)N(C)Cc1cccn1C. The van der Waals surface area contributed by atoms with Crippen LogP contribution in [0.3, 0.4) is 0 Å². The summed E-state index contributed by atoms with van der Waals surface area (Å²) >= 11 is 0. The maximum atomic E-state index is 12.2. The number of hydrogen-bond donors (Lipinski definition) is 2. The van der Waals surface area contributed by atoms with Crippen molar-refractivity contribution in [1.82, 2.24) is 19.5 Å². The molecule has 0 saturated heterocycles. The fourth-order valence-corrected chi connectivity index (χ4v) is 3.52. The van der Waals surface area contributed by atoms with Gasteiger partial charge in [-0.2, -0.15) is 0 Å². The van der Waals surface area contributed by atoms with Gasteiger partial charge in [-0.05, 0) is 31.2 Å². The number of guanidine groups is 1. The Balaban J connectivity index is 1.93. The Morgan fingerprint density at radius 2 is 1.92 bits per heavy atom. The molecule has 0 saturated carbocycles. The van der Waals surface area contributed by atoms with Crippen LogP contribution >= 0.6 is 0 Å². The first-order valence-electron chi connectivity index (χ1n) is 8.58. The van der Waals surface area contributed by atoms with Gasteiger partial charge in [-0.1, -0.05) is 18.2 Å². The van der Waals surface area contributed by atoms with Gasteiger partial charge in [-0.25, -0.2) is 13.1 Å². The summed E-state index contributed by atoms with van der Waals surface area (Å²) in [5, 5.41) is 3.23.